The monoisotopic (exact) mass is 435 g/mol. The summed E-state index contributed by atoms with van der Waals surface area (Å²) in [5.74, 6) is 1.06. The van der Waals surface area contributed by atoms with Crippen LogP contribution in [0.25, 0.3) is 21.1 Å². The second kappa shape index (κ2) is 7.49. The van der Waals surface area contributed by atoms with Crippen molar-refractivity contribution in [3.05, 3.63) is 35.1 Å². The zero-order valence-corrected chi connectivity index (χ0v) is 18.9. The number of thiophene rings is 1. The molecule has 3 aromatic heterocycles. The first kappa shape index (κ1) is 19.7. The minimum Gasteiger partial charge on any atom is -0.376 e. The van der Waals surface area contributed by atoms with Gasteiger partial charge in [0.2, 0.25) is 5.91 Å². The van der Waals surface area contributed by atoms with Crippen molar-refractivity contribution in [3.8, 4) is 0 Å². The van der Waals surface area contributed by atoms with Crippen LogP contribution in [0.4, 0.5) is 17.2 Å². The Morgan fingerprint density at radius 3 is 2.84 bits per heavy atom. The Balaban J connectivity index is 1.56. The maximum Gasteiger partial charge on any atom is 0.225 e. The van der Waals surface area contributed by atoms with Gasteiger partial charge < -0.3 is 15.1 Å². The van der Waals surface area contributed by atoms with Crippen molar-refractivity contribution in [1.82, 2.24) is 25.1 Å². The van der Waals surface area contributed by atoms with Crippen LogP contribution < -0.4 is 10.2 Å². The van der Waals surface area contributed by atoms with Crippen LogP contribution in [-0.2, 0) is 17.6 Å². The fourth-order valence-electron chi connectivity index (χ4n) is 4.36. The number of aromatic nitrogens is 4. The lowest BCUT2D eigenvalue weighted by atomic mass is 9.87. The zero-order chi connectivity index (χ0) is 21.7. The number of hydrogen-bond donors (Lipinski definition) is 2. The van der Waals surface area contributed by atoms with Gasteiger partial charge in [-0.25, -0.2) is 9.97 Å². The number of carbonyl (C=O) groups is 1. The summed E-state index contributed by atoms with van der Waals surface area (Å²) in [5.41, 5.74) is 4.29. The molecular formula is C22H25N7OS. The molecule has 0 bridgehead atoms. The van der Waals surface area contributed by atoms with E-state index < -0.39 is 0 Å². The van der Waals surface area contributed by atoms with Crippen LogP contribution in [0.2, 0.25) is 0 Å². The molecule has 1 amide bonds. The predicted molar refractivity (Wildman–Crippen MR) is 125 cm³/mol. The molecule has 9 heteroatoms. The molecule has 1 aliphatic rings. The number of hydrogen-bond acceptors (Lipinski definition) is 7. The summed E-state index contributed by atoms with van der Waals surface area (Å²) in [4.78, 5) is 27.6. The third-order valence-electron chi connectivity index (χ3n) is 5.93. The molecule has 0 radical (unpaired) electrons. The van der Waals surface area contributed by atoms with E-state index in [1.165, 1.54) is 10.4 Å². The van der Waals surface area contributed by atoms with Gasteiger partial charge >= 0.3 is 0 Å². The Bertz CT molecular complexity index is 1290. The lowest BCUT2D eigenvalue weighted by Crippen LogP contribution is -2.32. The number of fused-ring (bicyclic) bond motifs is 4. The normalized spacial score (nSPS) is 15.8. The van der Waals surface area contributed by atoms with Crippen molar-refractivity contribution in [1.29, 1.82) is 0 Å². The summed E-state index contributed by atoms with van der Waals surface area (Å²) in [5, 5.41) is 12.9. The van der Waals surface area contributed by atoms with E-state index in [1.54, 1.807) is 22.6 Å². The first-order chi connectivity index (χ1) is 14.9. The van der Waals surface area contributed by atoms with E-state index in [4.69, 9.17) is 0 Å². The smallest absolute Gasteiger partial charge is 0.225 e. The van der Waals surface area contributed by atoms with Gasteiger partial charge in [-0.2, -0.15) is 5.10 Å². The third kappa shape index (κ3) is 3.38. The first-order valence-electron chi connectivity index (χ1n) is 10.3. The second-order valence-electron chi connectivity index (χ2n) is 8.42. The number of carbonyl (C=O) groups excluding carboxylic acids is 1. The van der Waals surface area contributed by atoms with Crippen LogP contribution in [-0.4, -0.2) is 59.2 Å². The van der Waals surface area contributed by atoms with Crippen molar-refractivity contribution in [3.63, 3.8) is 0 Å². The van der Waals surface area contributed by atoms with Crippen molar-refractivity contribution >= 4 is 55.6 Å². The zero-order valence-electron chi connectivity index (χ0n) is 18.1. The average molecular weight is 436 g/mol. The molecule has 1 aliphatic carbocycles. The van der Waals surface area contributed by atoms with Gasteiger partial charge in [0.05, 0.1) is 28.5 Å². The van der Waals surface area contributed by atoms with Crippen LogP contribution in [0.15, 0.2) is 24.7 Å². The molecule has 0 unspecified atom stereocenters. The number of aryl methyl sites for hydroxylation is 1. The lowest BCUT2D eigenvalue weighted by Gasteiger charge is -2.24. The predicted octanol–water partition coefficient (Wildman–Crippen LogP) is 3.57. The fraction of sp³-hybridized carbons (Fsp3) is 0.364. The Labute approximate surface area is 184 Å². The SMILES string of the molecule is CN(C)C(=O)[C@H]1CCc2c(sc3ncnc(Nc4cc5cn[nH]c5cc4N(C)C)c23)C1. The highest BCUT2D eigenvalue weighted by Crippen LogP contribution is 2.41. The quantitative estimate of drug-likeness (QED) is 0.509. The molecule has 0 saturated carbocycles. The Hall–Kier alpha value is -3.20. The highest BCUT2D eigenvalue weighted by atomic mass is 32.1. The summed E-state index contributed by atoms with van der Waals surface area (Å²) in [6.07, 6.45) is 5.93. The topological polar surface area (TPSA) is 90.0 Å². The largest absolute Gasteiger partial charge is 0.376 e. The molecule has 0 aliphatic heterocycles. The molecule has 2 N–H and O–H groups in total. The van der Waals surface area contributed by atoms with Crippen molar-refractivity contribution < 1.29 is 4.79 Å². The molecule has 1 aromatic carbocycles. The highest BCUT2D eigenvalue weighted by molar-refractivity contribution is 7.19. The van der Waals surface area contributed by atoms with Crippen molar-refractivity contribution in [2.24, 2.45) is 5.92 Å². The molecule has 5 rings (SSSR count). The van der Waals surface area contributed by atoms with Gasteiger partial charge in [-0.05, 0) is 37.0 Å². The van der Waals surface area contributed by atoms with E-state index in [0.717, 1.165) is 57.6 Å². The van der Waals surface area contributed by atoms with Gasteiger partial charge in [-0.3, -0.25) is 9.89 Å². The number of anilines is 3. The molecule has 8 nitrogen and oxygen atoms in total. The van der Waals surface area contributed by atoms with Gasteiger partial charge in [0.15, 0.2) is 0 Å². The maximum atomic E-state index is 12.5. The number of aromatic amines is 1. The Morgan fingerprint density at radius 1 is 1.23 bits per heavy atom. The molecule has 3 heterocycles. The highest BCUT2D eigenvalue weighted by Gasteiger charge is 2.30. The minimum atomic E-state index is 0.0452. The molecule has 1 atom stereocenters. The van der Waals surface area contributed by atoms with Crippen molar-refractivity contribution in [2.45, 2.75) is 19.3 Å². The standard InChI is InChI=1S/C22H25N7OS/c1-28(2)17-9-15-13(10-25-27-15)7-16(17)26-20-19-14-6-5-12(22(30)29(3)4)8-18(14)31-21(19)24-11-23-20/h7,9-12H,5-6,8H2,1-4H3,(H,25,27)(H,23,24,26)/t12-/m0/s1. The fourth-order valence-corrected chi connectivity index (χ4v) is 5.63. The second-order valence-corrected chi connectivity index (χ2v) is 9.51. The summed E-state index contributed by atoms with van der Waals surface area (Å²) in [6, 6.07) is 4.18. The van der Waals surface area contributed by atoms with Crippen LogP contribution >= 0.6 is 11.3 Å². The van der Waals surface area contributed by atoms with Gasteiger partial charge in [0.25, 0.3) is 0 Å². The van der Waals surface area contributed by atoms with Gasteiger partial charge in [0.1, 0.15) is 17.0 Å². The van der Waals surface area contributed by atoms with E-state index >= 15 is 0 Å². The Kier molecular flexibility index (Phi) is 4.77. The van der Waals surface area contributed by atoms with Crippen LogP contribution in [0.5, 0.6) is 0 Å². The van der Waals surface area contributed by atoms with E-state index in [-0.39, 0.29) is 11.8 Å². The summed E-state index contributed by atoms with van der Waals surface area (Å²) in [6.45, 7) is 0. The lowest BCUT2D eigenvalue weighted by molar-refractivity contribution is -0.133. The number of nitrogens with one attached hydrogen (secondary N) is 2. The average Bonchev–Trinajstić information content (AvgIpc) is 3.35. The molecule has 160 valence electrons. The summed E-state index contributed by atoms with van der Waals surface area (Å²) < 4.78 is 0. The van der Waals surface area contributed by atoms with E-state index in [2.05, 4.69) is 42.5 Å². The summed E-state index contributed by atoms with van der Waals surface area (Å²) in [7, 11) is 7.70. The molecule has 0 fully saturated rings. The number of nitrogens with zero attached hydrogens (tertiary/aromatic N) is 5. The molecule has 0 spiro atoms. The number of benzene rings is 1. The van der Waals surface area contributed by atoms with Gasteiger partial charge in [0, 0.05) is 44.4 Å². The van der Waals surface area contributed by atoms with E-state index in [9.17, 15) is 4.79 Å². The number of rotatable bonds is 4. The summed E-state index contributed by atoms with van der Waals surface area (Å²) >= 11 is 1.68. The van der Waals surface area contributed by atoms with Crippen LogP contribution in [0.1, 0.15) is 16.9 Å². The van der Waals surface area contributed by atoms with Crippen LogP contribution in [0, 0.1) is 5.92 Å². The van der Waals surface area contributed by atoms with Crippen LogP contribution in [0.3, 0.4) is 0 Å². The van der Waals surface area contributed by atoms with E-state index in [1.807, 2.05) is 34.4 Å². The minimum absolute atomic E-state index is 0.0452. The molecule has 0 saturated heterocycles. The third-order valence-corrected chi connectivity index (χ3v) is 7.09. The number of amides is 1. The van der Waals surface area contributed by atoms with Crippen molar-refractivity contribution in [2.75, 3.05) is 38.4 Å². The molecule has 31 heavy (non-hydrogen) atoms. The first-order valence-corrected chi connectivity index (χ1v) is 11.1. The van der Waals surface area contributed by atoms with Gasteiger partial charge in [-0.1, -0.05) is 0 Å². The maximum absolute atomic E-state index is 12.5. The number of H-pyrrole nitrogens is 1. The molecular weight excluding hydrogens is 410 g/mol. The van der Waals surface area contributed by atoms with E-state index in [0.29, 0.717) is 0 Å². The van der Waals surface area contributed by atoms with Gasteiger partial charge in [-0.15, -0.1) is 11.3 Å². The molecule has 4 aromatic rings. The Morgan fingerprint density at radius 2 is 2.06 bits per heavy atom.